The number of para-hydroxylation sites is 2. The Morgan fingerprint density at radius 2 is 1.04 bits per heavy atom. The van der Waals surface area contributed by atoms with Crippen LogP contribution >= 0.6 is 15.3 Å². The van der Waals surface area contributed by atoms with Gasteiger partial charge in [-0.15, -0.1) is 0 Å². The Labute approximate surface area is 158 Å². The fourth-order valence-corrected chi connectivity index (χ4v) is 7.59. The number of hydrogen-bond donors (Lipinski definition) is 0. The largest absolute Gasteiger partial charge is 0.418 e. The summed E-state index contributed by atoms with van der Waals surface area (Å²) in [5.74, 6) is 0.762. The fraction of sp³-hybridized carbons (Fsp3) is 0.625. The molecule has 0 spiro atoms. The summed E-state index contributed by atoms with van der Waals surface area (Å²) < 4.78 is 52.0. The lowest BCUT2D eigenvalue weighted by Gasteiger charge is -2.34. The molecule has 148 valence electrons. The van der Waals surface area contributed by atoms with Gasteiger partial charge in [0, 0.05) is 52.4 Å². The highest BCUT2D eigenvalue weighted by Crippen LogP contribution is 2.63. The van der Waals surface area contributed by atoms with Crippen molar-refractivity contribution in [2.75, 3.05) is 65.6 Å². The van der Waals surface area contributed by atoms with Crippen LogP contribution in [0.2, 0.25) is 0 Å². The fourth-order valence-electron chi connectivity index (χ4n) is 3.14. The van der Waals surface area contributed by atoms with Crippen molar-refractivity contribution < 1.29 is 22.9 Å². The summed E-state index contributed by atoms with van der Waals surface area (Å²) in [6, 6.07) is 7.10. The van der Waals surface area contributed by atoms with Gasteiger partial charge >= 0.3 is 15.3 Å². The van der Waals surface area contributed by atoms with Gasteiger partial charge in [-0.1, -0.05) is 12.1 Å². The Balaban J connectivity index is 1.41. The van der Waals surface area contributed by atoms with E-state index in [1.165, 1.54) is 0 Å². The van der Waals surface area contributed by atoms with Crippen molar-refractivity contribution in [3.05, 3.63) is 24.3 Å². The van der Waals surface area contributed by atoms with Gasteiger partial charge in [0.1, 0.15) is 0 Å². The molecule has 4 fully saturated rings. The highest BCUT2D eigenvalue weighted by atomic mass is 31.2. The van der Waals surface area contributed by atoms with Crippen molar-refractivity contribution in [2.24, 2.45) is 0 Å². The second-order valence-corrected chi connectivity index (χ2v) is 11.6. The number of benzene rings is 1. The van der Waals surface area contributed by atoms with Gasteiger partial charge in [0.2, 0.25) is 0 Å². The first-order chi connectivity index (χ1) is 13.1. The van der Waals surface area contributed by atoms with E-state index < -0.39 is 15.3 Å². The molecule has 4 saturated heterocycles. The molecule has 0 aromatic heterocycles. The molecule has 0 radical (unpaired) electrons. The molecule has 4 heterocycles. The second-order valence-electron chi connectivity index (χ2n) is 7.04. The summed E-state index contributed by atoms with van der Waals surface area (Å²) in [6.45, 7) is 6.81. The molecule has 0 saturated carbocycles. The van der Waals surface area contributed by atoms with Crippen molar-refractivity contribution >= 4 is 15.3 Å². The number of rotatable bonds is 8. The lowest BCUT2D eigenvalue weighted by atomic mass is 10.3. The van der Waals surface area contributed by atoms with Crippen LogP contribution in [0.15, 0.2) is 24.3 Å². The molecule has 1 aromatic rings. The Kier molecular flexibility index (Phi) is 4.60. The molecule has 1 aromatic carbocycles. The standard InChI is InChI=1S/C16H24N4O5P2/c21-26(17-5-6-17,18-7-8-18)24-15-3-1-2-4-16(15)25-27(22,19-9-10-19)20-11-13-23-14-12-20/h1-4H,5-14H2. The quantitative estimate of drug-likeness (QED) is 0.469. The molecule has 27 heavy (non-hydrogen) atoms. The average Bonchev–Trinajstić information content (AvgIpc) is 3.51. The monoisotopic (exact) mass is 414 g/mol. The molecule has 9 nitrogen and oxygen atoms in total. The third kappa shape index (κ3) is 3.58. The molecular weight excluding hydrogens is 390 g/mol. The van der Waals surface area contributed by atoms with Crippen LogP contribution in [0, 0.1) is 0 Å². The minimum Gasteiger partial charge on any atom is -0.418 e. The van der Waals surface area contributed by atoms with Crippen molar-refractivity contribution in [3.8, 4) is 11.5 Å². The van der Waals surface area contributed by atoms with E-state index in [1.807, 2.05) is 30.8 Å². The topological polar surface area (TPSA) is 74.1 Å². The normalized spacial score (nSPS) is 26.4. The highest BCUT2D eigenvalue weighted by molar-refractivity contribution is 7.55. The molecule has 4 aliphatic rings. The molecular formula is C16H24N4O5P2. The number of nitrogens with zero attached hydrogens (tertiary/aromatic N) is 4. The first-order valence-corrected chi connectivity index (χ1v) is 12.4. The lowest BCUT2D eigenvalue weighted by molar-refractivity contribution is 0.0659. The van der Waals surface area contributed by atoms with Crippen molar-refractivity contribution in [1.82, 2.24) is 18.7 Å². The predicted molar refractivity (Wildman–Crippen MR) is 100 cm³/mol. The maximum absolute atomic E-state index is 13.7. The Hall–Kier alpha value is -0.920. The van der Waals surface area contributed by atoms with E-state index in [2.05, 4.69) is 0 Å². The van der Waals surface area contributed by atoms with Crippen LogP contribution in [0.25, 0.3) is 0 Å². The van der Waals surface area contributed by atoms with Crippen LogP contribution in [-0.4, -0.2) is 84.3 Å². The van der Waals surface area contributed by atoms with Crippen molar-refractivity contribution in [3.63, 3.8) is 0 Å². The molecule has 4 aliphatic heterocycles. The summed E-state index contributed by atoms with van der Waals surface area (Å²) >= 11 is 0. The summed E-state index contributed by atoms with van der Waals surface area (Å²) in [7, 11) is -6.24. The predicted octanol–water partition coefficient (Wildman–Crippen LogP) is 1.94. The Morgan fingerprint density at radius 1 is 0.667 bits per heavy atom. The average molecular weight is 414 g/mol. The third-order valence-electron chi connectivity index (χ3n) is 4.97. The minimum absolute atomic E-state index is 0.378. The van der Waals surface area contributed by atoms with Gasteiger partial charge in [0.15, 0.2) is 11.5 Å². The summed E-state index contributed by atoms with van der Waals surface area (Å²) in [5.41, 5.74) is 0. The zero-order valence-electron chi connectivity index (χ0n) is 15.1. The molecule has 11 heteroatoms. The molecule has 0 N–H and O–H groups in total. The van der Waals surface area contributed by atoms with Crippen LogP contribution in [0.4, 0.5) is 0 Å². The van der Waals surface area contributed by atoms with Gasteiger partial charge in [0.05, 0.1) is 13.2 Å². The van der Waals surface area contributed by atoms with Crippen LogP contribution in [0.5, 0.6) is 11.5 Å². The van der Waals surface area contributed by atoms with E-state index in [4.69, 9.17) is 13.8 Å². The molecule has 0 amide bonds. The molecule has 1 unspecified atom stereocenters. The number of hydrogen-bond acceptors (Lipinski definition) is 5. The highest BCUT2D eigenvalue weighted by Gasteiger charge is 2.51. The van der Waals surface area contributed by atoms with Gasteiger partial charge in [-0.05, 0) is 12.1 Å². The second kappa shape index (κ2) is 6.85. The molecule has 1 atom stereocenters. The first-order valence-electron chi connectivity index (χ1n) is 9.37. The van der Waals surface area contributed by atoms with Gasteiger partial charge in [0.25, 0.3) is 0 Å². The summed E-state index contributed by atoms with van der Waals surface area (Å²) in [4.78, 5) is 0. The van der Waals surface area contributed by atoms with E-state index >= 15 is 0 Å². The lowest BCUT2D eigenvalue weighted by Crippen LogP contribution is -2.37. The van der Waals surface area contributed by atoms with Crippen LogP contribution in [0.3, 0.4) is 0 Å². The molecule has 5 rings (SSSR count). The van der Waals surface area contributed by atoms with E-state index in [-0.39, 0.29) is 0 Å². The van der Waals surface area contributed by atoms with Crippen molar-refractivity contribution in [2.45, 2.75) is 0 Å². The minimum atomic E-state index is -3.20. The zero-order valence-corrected chi connectivity index (χ0v) is 16.9. The molecule has 0 aliphatic carbocycles. The van der Waals surface area contributed by atoms with Gasteiger partial charge in [-0.3, -0.25) is 0 Å². The molecule has 0 bridgehead atoms. The summed E-state index contributed by atoms with van der Waals surface area (Å²) in [6.07, 6.45) is 0. The van der Waals surface area contributed by atoms with Gasteiger partial charge < -0.3 is 13.8 Å². The SMILES string of the molecule is O=P(Oc1ccccc1OP(=O)(N1CC1)N1CC1)(N1CCOCC1)N1CC1. The Bertz CT molecular complexity index is 790. The maximum atomic E-state index is 13.7. The van der Waals surface area contributed by atoms with E-state index in [0.29, 0.717) is 37.8 Å². The number of morpholine rings is 1. The summed E-state index contributed by atoms with van der Waals surface area (Å²) in [5, 5.41) is 0. The van der Waals surface area contributed by atoms with Gasteiger partial charge in [-0.2, -0.15) is 0 Å². The maximum Gasteiger partial charge on any atom is 0.396 e. The van der Waals surface area contributed by atoms with Crippen LogP contribution in [-0.2, 0) is 13.9 Å². The third-order valence-corrected chi connectivity index (χ3v) is 10.3. The van der Waals surface area contributed by atoms with Crippen LogP contribution in [0.1, 0.15) is 0 Å². The van der Waals surface area contributed by atoms with E-state index in [9.17, 15) is 9.13 Å². The first kappa shape index (κ1) is 18.1. The Morgan fingerprint density at radius 3 is 1.41 bits per heavy atom. The van der Waals surface area contributed by atoms with Gasteiger partial charge in [-0.25, -0.2) is 27.8 Å². The number of ether oxygens (including phenoxy) is 1. The smallest absolute Gasteiger partial charge is 0.396 e. The van der Waals surface area contributed by atoms with Crippen molar-refractivity contribution in [1.29, 1.82) is 0 Å². The van der Waals surface area contributed by atoms with Crippen LogP contribution < -0.4 is 9.05 Å². The van der Waals surface area contributed by atoms with E-state index in [1.54, 1.807) is 12.1 Å². The zero-order chi connectivity index (χ0) is 18.5. The van der Waals surface area contributed by atoms with E-state index in [0.717, 1.165) is 39.3 Å².